The predicted molar refractivity (Wildman–Crippen MR) is 99.0 cm³/mol. The van der Waals surface area contributed by atoms with Crippen LogP contribution in [0.1, 0.15) is 27.1 Å². The maximum atomic E-state index is 12.8. The fourth-order valence-corrected chi connectivity index (χ4v) is 3.44. The lowest BCUT2D eigenvalue weighted by Crippen LogP contribution is -2.42. The van der Waals surface area contributed by atoms with Crippen LogP contribution < -0.4 is 5.73 Å². The van der Waals surface area contributed by atoms with Crippen molar-refractivity contribution in [1.82, 2.24) is 9.80 Å². The first kappa shape index (κ1) is 18.3. The van der Waals surface area contributed by atoms with Crippen molar-refractivity contribution in [2.75, 3.05) is 45.1 Å². The van der Waals surface area contributed by atoms with Crippen molar-refractivity contribution in [3.63, 3.8) is 0 Å². The molecule has 4 N–H and O–H groups in total. The monoisotopic (exact) mass is 357 g/mol. The maximum absolute atomic E-state index is 12.8. The third-order valence-electron chi connectivity index (χ3n) is 4.71. The van der Waals surface area contributed by atoms with E-state index in [0.717, 1.165) is 5.39 Å². The molecule has 1 aliphatic heterocycles. The Labute approximate surface area is 151 Å². The zero-order valence-corrected chi connectivity index (χ0v) is 14.5. The van der Waals surface area contributed by atoms with Gasteiger partial charge < -0.3 is 15.9 Å². The molecule has 0 radical (unpaired) electrons. The van der Waals surface area contributed by atoms with Gasteiger partial charge in [0.05, 0.1) is 13.2 Å². The number of hydrogen-bond acceptors (Lipinski definition) is 6. The smallest absolute Gasteiger partial charge is 0.261 e. The third kappa shape index (κ3) is 3.29. The number of aliphatic hydroxyl groups is 2. The molecule has 0 saturated heterocycles. The summed E-state index contributed by atoms with van der Waals surface area (Å²) in [7, 11) is 0. The van der Waals surface area contributed by atoms with E-state index in [9.17, 15) is 9.59 Å². The molecule has 2 amide bonds. The highest BCUT2D eigenvalue weighted by Crippen LogP contribution is 2.33. The topological polar surface area (TPSA) is 107 Å². The van der Waals surface area contributed by atoms with Crippen molar-refractivity contribution in [3.8, 4) is 0 Å². The molecular weight excluding hydrogens is 334 g/mol. The Hall–Kier alpha value is -2.48. The Morgan fingerprint density at radius 2 is 1.58 bits per heavy atom. The number of carbonyl (C=O) groups is 2. The van der Waals surface area contributed by atoms with E-state index in [1.807, 2.05) is 11.0 Å². The number of imide groups is 1. The van der Waals surface area contributed by atoms with Gasteiger partial charge in [0.25, 0.3) is 11.8 Å². The summed E-state index contributed by atoms with van der Waals surface area (Å²) in [6.45, 7) is 1.76. The van der Waals surface area contributed by atoms with E-state index in [1.54, 1.807) is 24.3 Å². The number of nitrogen functional groups attached to an aromatic ring is 1. The summed E-state index contributed by atoms with van der Waals surface area (Å²) in [5, 5.41) is 19.5. The van der Waals surface area contributed by atoms with Gasteiger partial charge in [0, 0.05) is 53.8 Å². The van der Waals surface area contributed by atoms with Crippen molar-refractivity contribution >= 4 is 28.3 Å². The van der Waals surface area contributed by atoms with Crippen LogP contribution in [-0.4, -0.2) is 71.2 Å². The molecule has 0 atom stereocenters. The zero-order chi connectivity index (χ0) is 18.7. The largest absolute Gasteiger partial charge is 0.398 e. The van der Waals surface area contributed by atoms with Crippen molar-refractivity contribution in [3.05, 3.63) is 41.5 Å². The number of nitrogens with zero attached hydrogens (tertiary/aromatic N) is 2. The lowest BCUT2D eigenvalue weighted by molar-refractivity contribution is 0.0600. The van der Waals surface area contributed by atoms with Crippen LogP contribution in [0.3, 0.4) is 0 Å². The van der Waals surface area contributed by atoms with Crippen LogP contribution in [0.15, 0.2) is 30.3 Å². The summed E-state index contributed by atoms with van der Waals surface area (Å²) in [4.78, 5) is 28.8. The quantitative estimate of drug-likeness (QED) is 0.474. The average molecular weight is 357 g/mol. The van der Waals surface area contributed by atoms with Crippen LogP contribution in [0.25, 0.3) is 10.8 Å². The van der Waals surface area contributed by atoms with E-state index < -0.39 is 0 Å². The van der Waals surface area contributed by atoms with Gasteiger partial charge in [-0.15, -0.1) is 0 Å². The lowest BCUT2D eigenvalue weighted by atomic mass is 9.93. The molecule has 0 saturated carbocycles. The van der Waals surface area contributed by atoms with Crippen LogP contribution >= 0.6 is 0 Å². The Morgan fingerprint density at radius 3 is 2.23 bits per heavy atom. The summed E-state index contributed by atoms with van der Waals surface area (Å²) in [5.74, 6) is -0.621. The molecule has 2 aromatic rings. The number of aliphatic hydroxyl groups excluding tert-OH is 2. The minimum atomic E-state index is -0.311. The first-order valence-electron chi connectivity index (χ1n) is 8.70. The zero-order valence-electron chi connectivity index (χ0n) is 14.5. The molecule has 1 heterocycles. The second kappa shape index (κ2) is 7.82. The van der Waals surface area contributed by atoms with Crippen LogP contribution in [-0.2, 0) is 0 Å². The molecule has 0 aliphatic carbocycles. The Kier molecular flexibility index (Phi) is 5.51. The SMILES string of the molecule is Nc1ccc2c3c(cccc13)C(=O)N(CCCN(CCO)CCO)C2=O. The fourth-order valence-electron chi connectivity index (χ4n) is 3.44. The molecule has 7 heteroatoms. The van der Waals surface area contributed by atoms with Crippen molar-refractivity contribution in [1.29, 1.82) is 0 Å². The number of benzene rings is 2. The second-order valence-electron chi connectivity index (χ2n) is 6.33. The molecule has 0 unspecified atom stereocenters. The van der Waals surface area contributed by atoms with E-state index in [0.29, 0.717) is 48.3 Å². The van der Waals surface area contributed by atoms with Gasteiger partial charge in [-0.3, -0.25) is 19.4 Å². The van der Waals surface area contributed by atoms with Crippen LogP contribution in [0, 0.1) is 0 Å². The molecule has 3 rings (SSSR count). The van der Waals surface area contributed by atoms with E-state index >= 15 is 0 Å². The van der Waals surface area contributed by atoms with Gasteiger partial charge in [0.2, 0.25) is 0 Å². The molecule has 26 heavy (non-hydrogen) atoms. The van der Waals surface area contributed by atoms with Crippen LogP contribution in [0.5, 0.6) is 0 Å². The van der Waals surface area contributed by atoms with Crippen LogP contribution in [0.4, 0.5) is 5.69 Å². The number of carbonyl (C=O) groups excluding carboxylic acids is 2. The Morgan fingerprint density at radius 1 is 0.923 bits per heavy atom. The third-order valence-corrected chi connectivity index (χ3v) is 4.71. The highest BCUT2D eigenvalue weighted by atomic mass is 16.3. The molecule has 7 nitrogen and oxygen atoms in total. The summed E-state index contributed by atoms with van der Waals surface area (Å²) in [6, 6.07) is 8.67. The summed E-state index contributed by atoms with van der Waals surface area (Å²) >= 11 is 0. The molecule has 0 fully saturated rings. The van der Waals surface area contributed by atoms with Crippen molar-refractivity contribution < 1.29 is 19.8 Å². The molecule has 138 valence electrons. The van der Waals surface area contributed by atoms with Crippen molar-refractivity contribution in [2.24, 2.45) is 0 Å². The summed E-state index contributed by atoms with van der Waals surface area (Å²) in [5.41, 5.74) is 7.52. The van der Waals surface area contributed by atoms with E-state index in [1.165, 1.54) is 4.90 Å². The number of anilines is 1. The summed E-state index contributed by atoms with van der Waals surface area (Å²) in [6.07, 6.45) is 0.567. The lowest BCUT2D eigenvalue weighted by Gasteiger charge is -2.28. The summed E-state index contributed by atoms with van der Waals surface area (Å²) < 4.78 is 0. The van der Waals surface area contributed by atoms with E-state index in [2.05, 4.69) is 0 Å². The molecule has 0 spiro atoms. The van der Waals surface area contributed by atoms with Gasteiger partial charge in [0.1, 0.15) is 0 Å². The van der Waals surface area contributed by atoms with Gasteiger partial charge >= 0.3 is 0 Å². The average Bonchev–Trinajstić information content (AvgIpc) is 2.64. The predicted octanol–water partition coefficient (Wildman–Crippen LogP) is 0.695. The standard InChI is InChI=1S/C19H23N3O4/c20-16-6-5-15-17-13(16)3-1-4-14(17)18(25)22(19(15)26)8-2-7-21(9-11-23)10-12-24/h1,3-6,23-24H,2,7-12,20H2. The number of hydrogen-bond donors (Lipinski definition) is 3. The Balaban J connectivity index is 1.80. The first-order valence-corrected chi connectivity index (χ1v) is 8.70. The van der Waals surface area contributed by atoms with Crippen molar-refractivity contribution in [2.45, 2.75) is 6.42 Å². The number of amides is 2. The fraction of sp³-hybridized carbons (Fsp3) is 0.368. The maximum Gasteiger partial charge on any atom is 0.261 e. The highest BCUT2D eigenvalue weighted by Gasteiger charge is 2.32. The van der Waals surface area contributed by atoms with Gasteiger partial charge in [-0.05, 0) is 24.6 Å². The van der Waals surface area contributed by atoms with Crippen LogP contribution in [0.2, 0.25) is 0 Å². The van der Waals surface area contributed by atoms with Gasteiger partial charge in [-0.2, -0.15) is 0 Å². The highest BCUT2D eigenvalue weighted by molar-refractivity contribution is 6.26. The first-order chi connectivity index (χ1) is 12.6. The minimum absolute atomic E-state index is 0.00162. The number of rotatable bonds is 8. The van der Waals surface area contributed by atoms with Gasteiger partial charge in [0.15, 0.2) is 0 Å². The second-order valence-corrected chi connectivity index (χ2v) is 6.33. The van der Waals surface area contributed by atoms with E-state index in [4.69, 9.17) is 15.9 Å². The minimum Gasteiger partial charge on any atom is -0.398 e. The normalized spacial score (nSPS) is 13.9. The number of nitrogens with two attached hydrogens (primary N) is 1. The molecule has 1 aliphatic rings. The molecule has 2 aromatic carbocycles. The molecular formula is C19H23N3O4. The molecule has 0 bridgehead atoms. The van der Waals surface area contributed by atoms with Gasteiger partial charge in [-0.1, -0.05) is 12.1 Å². The van der Waals surface area contributed by atoms with E-state index in [-0.39, 0.29) is 31.6 Å². The Bertz CT molecular complexity index is 809. The van der Waals surface area contributed by atoms with Gasteiger partial charge in [-0.25, -0.2) is 0 Å². The molecule has 0 aromatic heterocycles.